The van der Waals surface area contributed by atoms with Crippen molar-refractivity contribution in [2.75, 3.05) is 19.6 Å². The van der Waals surface area contributed by atoms with E-state index < -0.39 is 5.60 Å². The summed E-state index contributed by atoms with van der Waals surface area (Å²) in [6.45, 7) is 7.15. The Balaban J connectivity index is 2.03. The van der Waals surface area contributed by atoms with E-state index >= 15 is 0 Å². The fourth-order valence-corrected chi connectivity index (χ4v) is 2.49. The van der Waals surface area contributed by atoms with E-state index in [4.69, 9.17) is 0 Å². The maximum Gasteiger partial charge on any atom is 0.0994 e. The van der Waals surface area contributed by atoms with Crippen molar-refractivity contribution >= 4 is 0 Å². The lowest BCUT2D eigenvalue weighted by Crippen LogP contribution is -2.37. The molecule has 0 amide bonds. The van der Waals surface area contributed by atoms with Crippen molar-refractivity contribution in [2.24, 2.45) is 5.92 Å². The molecule has 1 saturated heterocycles. The molecule has 16 heavy (non-hydrogen) atoms. The summed E-state index contributed by atoms with van der Waals surface area (Å²) in [7, 11) is 0. The minimum absolute atomic E-state index is 0.731. The standard InChI is InChI=1S/C14H21NO/c1-12-8-9-15(10-12)11-14(2,16)13-6-4-3-5-7-13/h3-7,12,16H,8-11H2,1-2H3. The van der Waals surface area contributed by atoms with E-state index in [1.54, 1.807) is 0 Å². The Labute approximate surface area is 97.9 Å². The number of nitrogens with zero attached hydrogens (tertiary/aromatic N) is 1. The first-order valence-electron chi connectivity index (χ1n) is 6.08. The number of β-amino-alcohol motifs (C(OH)–C–C–N with tert-alkyl or cyclic N) is 1. The maximum absolute atomic E-state index is 10.5. The van der Waals surface area contributed by atoms with Crippen molar-refractivity contribution in [1.29, 1.82) is 0 Å². The van der Waals surface area contributed by atoms with Gasteiger partial charge in [-0.1, -0.05) is 37.3 Å². The molecule has 1 aliphatic rings. The third-order valence-corrected chi connectivity index (χ3v) is 3.44. The summed E-state index contributed by atoms with van der Waals surface area (Å²) in [4.78, 5) is 2.36. The second kappa shape index (κ2) is 4.56. The first-order valence-corrected chi connectivity index (χ1v) is 6.08. The maximum atomic E-state index is 10.5. The number of rotatable bonds is 3. The molecular weight excluding hydrogens is 198 g/mol. The minimum atomic E-state index is -0.731. The molecule has 1 N–H and O–H groups in total. The highest BCUT2D eigenvalue weighted by molar-refractivity contribution is 5.21. The van der Waals surface area contributed by atoms with Crippen LogP contribution in [0.25, 0.3) is 0 Å². The quantitative estimate of drug-likeness (QED) is 0.842. The summed E-state index contributed by atoms with van der Waals surface area (Å²) in [5.41, 5.74) is 0.278. The van der Waals surface area contributed by atoms with Crippen LogP contribution in [0.2, 0.25) is 0 Å². The van der Waals surface area contributed by atoms with E-state index in [9.17, 15) is 5.11 Å². The van der Waals surface area contributed by atoms with Gasteiger partial charge < -0.3 is 5.11 Å². The predicted molar refractivity (Wildman–Crippen MR) is 66.2 cm³/mol. The summed E-state index contributed by atoms with van der Waals surface area (Å²) < 4.78 is 0. The van der Waals surface area contributed by atoms with Gasteiger partial charge in [0.2, 0.25) is 0 Å². The van der Waals surface area contributed by atoms with Crippen molar-refractivity contribution in [2.45, 2.75) is 25.9 Å². The number of hydrogen-bond donors (Lipinski definition) is 1. The van der Waals surface area contributed by atoms with Crippen LogP contribution in [-0.4, -0.2) is 29.6 Å². The molecule has 2 nitrogen and oxygen atoms in total. The van der Waals surface area contributed by atoms with Crippen molar-refractivity contribution < 1.29 is 5.11 Å². The lowest BCUT2D eigenvalue weighted by molar-refractivity contribution is 0.0219. The Hall–Kier alpha value is -0.860. The van der Waals surface area contributed by atoms with Crippen molar-refractivity contribution in [3.63, 3.8) is 0 Å². The molecule has 1 aromatic carbocycles. The monoisotopic (exact) mass is 219 g/mol. The molecule has 0 radical (unpaired) electrons. The number of hydrogen-bond acceptors (Lipinski definition) is 2. The van der Waals surface area contributed by atoms with Crippen LogP contribution < -0.4 is 0 Å². The highest BCUT2D eigenvalue weighted by Gasteiger charge is 2.29. The fraction of sp³-hybridized carbons (Fsp3) is 0.571. The Morgan fingerprint density at radius 3 is 2.62 bits per heavy atom. The molecule has 2 rings (SSSR count). The van der Waals surface area contributed by atoms with Gasteiger partial charge >= 0.3 is 0 Å². The predicted octanol–water partition coefficient (Wildman–Crippen LogP) is 2.24. The molecule has 2 unspecified atom stereocenters. The normalized spacial score (nSPS) is 25.6. The zero-order valence-electron chi connectivity index (χ0n) is 10.2. The van der Waals surface area contributed by atoms with Gasteiger partial charge in [0.1, 0.15) is 0 Å². The van der Waals surface area contributed by atoms with E-state index in [-0.39, 0.29) is 0 Å². The van der Waals surface area contributed by atoms with Gasteiger partial charge in [0, 0.05) is 13.1 Å². The highest BCUT2D eigenvalue weighted by Crippen LogP contribution is 2.24. The first kappa shape index (κ1) is 11.6. The molecule has 2 atom stereocenters. The van der Waals surface area contributed by atoms with Crippen molar-refractivity contribution in [1.82, 2.24) is 4.90 Å². The van der Waals surface area contributed by atoms with Crippen LogP contribution in [0.4, 0.5) is 0 Å². The van der Waals surface area contributed by atoms with Gasteiger partial charge in [-0.25, -0.2) is 0 Å². The third-order valence-electron chi connectivity index (χ3n) is 3.44. The van der Waals surface area contributed by atoms with Crippen LogP contribution in [0, 0.1) is 5.92 Å². The molecule has 0 aromatic heterocycles. The van der Waals surface area contributed by atoms with E-state index in [0.717, 1.165) is 31.1 Å². The van der Waals surface area contributed by atoms with Gasteiger partial charge in [0.25, 0.3) is 0 Å². The summed E-state index contributed by atoms with van der Waals surface area (Å²) in [5.74, 6) is 0.770. The molecule has 1 fully saturated rings. The van der Waals surface area contributed by atoms with E-state index in [1.165, 1.54) is 6.42 Å². The van der Waals surface area contributed by atoms with E-state index in [0.29, 0.717) is 0 Å². The van der Waals surface area contributed by atoms with Gasteiger partial charge in [0.15, 0.2) is 0 Å². The van der Waals surface area contributed by atoms with Gasteiger partial charge in [-0.15, -0.1) is 0 Å². The number of benzene rings is 1. The van der Waals surface area contributed by atoms with Gasteiger partial charge in [-0.3, -0.25) is 4.90 Å². The SMILES string of the molecule is CC1CCN(CC(C)(O)c2ccccc2)C1. The lowest BCUT2D eigenvalue weighted by Gasteiger charge is -2.29. The Bertz CT molecular complexity index is 334. The lowest BCUT2D eigenvalue weighted by atomic mass is 9.95. The second-order valence-electron chi connectivity index (χ2n) is 5.27. The van der Waals surface area contributed by atoms with Crippen LogP contribution in [0.1, 0.15) is 25.8 Å². The second-order valence-corrected chi connectivity index (χ2v) is 5.27. The van der Waals surface area contributed by atoms with Gasteiger partial charge in [0.05, 0.1) is 5.60 Å². The smallest absolute Gasteiger partial charge is 0.0994 e. The third kappa shape index (κ3) is 2.63. The molecule has 0 spiro atoms. The minimum Gasteiger partial charge on any atom is -0.384 e. The van der Waals surface area contributed by atoms with Crippen LogP contribution in [0.5, 0.6) is 0 Å². The van der Waals surface area contributed by atoms with E-state index in [2.05, 4.69) is 11.8 Å². The van der Waals surface area contributed by atoms with Gasteiger partial charge in [-0.2, -0.15) is 0 Å². The van der Waals surface area contributed by atoms with Crippen LogP contribution in [-0.2, 0) is 5.60 Å². The molecule has 1 aromatic rings. The molecule has 2 heteroatoms. The first-order chi connectivity index (χ1) is 7.58. The summed E-state index contributed by atoms with van der Waals surface area (Å²) >= 11 is 0. The number of likely N-dealkylation sites (tertiary alicyclic amines) is 1. The average molecular weight is 219 g/mol. The average Bonchev–Trinajstić information content (AvgIpc) is 2.64. The molecular formula is C14H21NO. The molecule has 1 heterocycles. The molecule has 88 valence electrons. The summed E-state index contributed by atoms with van der Waals surface area (Å²) in [6, 6.07) is 9.95. The molecule has 1 aliphatic heterocycles. The number of aliphatic hydroxyl groups is 1. The van der Waals surface area contributed by atoms with Crippen LogP contribution in [0.3, 0.4) is 0 Å². The molecule has 0 saturated carbocycles. The zero-order chi connectivity index (χ0) is 11.6. The summed E-state index contributed by atoms with van der Waals surface area (Å²) in [6.07, 6.45) is 1.25. The fourth-order valence-electron chi connectivity index (χ4n) is 2.49. The van der Waals surface area contributed by atoms with Crippen molar-refractivity contribution in [3.05, 3.63) is 35.9 Å². The van der Waals surface area contributed by atoms with Crippen molar-refractivity contribution in [3.8, 4) is 0 Å². The Kier molecular flexibility index (Phi) is 3.31. The van der Waals surface area contributed by atoms with Crippen LogP contribution in [0.15, 0.2) is 30.3 Å². The summed E-state index contributed by atoms with van der Waals surface area (Å²) in [5, 5.41) is 10.5. The largest absolute Gasteiger partial charge is 0.384 e. The molecule has 0 aliphatic carbocycles. The zero-order valence-corrected chi connectivity index (χ0v) is 10.2. The van der Waals surface area contributed by atoms with Gasteiger partial charge in [-0.05, 0) is 31.4 Å². The molecule has 0 bridgehead atoms. The van der Waals surface area contributed by atoms with Crippen LogP contribution >= 0.6 is 0 Å². The van der Waals surface area contributed by atoms with E-state index in [1.807, 2.05) is 37.3 Å². The Morgan fingerprint density at radius 2 is 2.06 bits per heavy atom. The topological polar surface area (TPSA) is 23.5 Å². The highest BCUT2D eigenvalue weighted by atomic mass is 16.3. The Morgan fingerprint density at radius 1 is 1.38 bits per heavy atom.